The first-order valence-electron chi connectivity index (χ1n) is 9.65. The number of likely N-dealkylation sites (tertiary alicyclic amines) is 1. The molecule has 0 N–H and O–H groups in total. The monoisotopic (exact) mass is 378 g/mol. The van der Waals surface area contributed by atoms with E-state index < -0.39 is 0 Å². The maximum atomic E-state index is 5.74. The lowest BCUT2D eigenvalue weighted by molar-refractivity contribution is 0.240. The van der Waals surface area contributed by atoms with E-state index in [9.17, 15) is 0 Å². The largest absolute Gasteiger partial charge is 0.497 e. The lowest BCUT2D eigenvalue weighted by atomic mass is 10.0. The Morgan fingerprint density at radius 3 is 2.68 bits per heavy atom. The minimum absolute atomic E-state index is 0.306. The Hall–Kier alpha value is -2.79. The summed E-state index contributed by atoms with van der Waals surface area (Å²) in [4.78, 5) is 7.16. The van der Waals surface area contributed by atoms with Gasteiger partial charge in [0.25, 0.3) is 0 Å². The molecule has 0 saturated carbocycles. The highest BCUT2D eigenvalue weighted by Gasteiger charge is 2.29. The van der Waals surface area contributed by atoms with Gasteiger partial charge in [0.2, 0.25) is 5.89 Å². The number of aryl methyl sites for hydroxylation is 1. The summed E-state index contributed by atoms with van der Waals surface area (Å²) in [7, 11) is 3.38. The van der Waals surface area contributed by atoms with Crippen LogP contribution in [0, 0.1) is 6.92 Å². The molecule has 2 heterocycles. The van der Waals surface area contributed by atoms with Crippen LogP contribution in [0.25, 0.3) is 11.5 Å². The van der Waals surface area contributed by atoms with Gasteiger partial charge in [-0.05, 0) is 44.5 Å². The maximum absolute atomic E-state index is 5.74. The van der Waals surface area contributed by atoms with Crippen LogP contribution >= 0.6 is 0 Å². The van der Waals surface area contributed by atoms with Crippen LogP contribution in [-0.4, -0.2) is 30.6 Å². The molecule has 1 saturated heterocycles. The quantitative estimate of drug-likeness (QED) is 0.604. The van der Waals surface area contributed by atoms with Crippen LogP contribution in [0.1, 0.15) is 35.7 Å². The maximum Gasteiger partial charge on any atom is 0.226 e. The summed E-state index contributed by atoms with van der Waals surface area (Å²) < 4.78 is 16.7. The van der Waals surface area contributed by atoms with Crippen molar-refractivity contribution >= 4 is 0 Å². The summed E-state index contributed by atoms with van der Waals surface area (Å²) in [6.45, 7) is 3.87. The molecule has 0 aliphatic carbocycles. The second kappa shape index (κ2) is 8.07. The normalized spacial score (nSPS) is 17.0. The van der Waals surface area contributed by atoms with Gasteiger partial charge < -0.3 is 13.9 Å². The number of oxazole rings is 1. The number of ether oxygens (including phenoxy) is 2. The van der Waals surface area contributed by atoms with Crippen molar-refractivity contribution in [1.82, 2.24) is 9.88 Å². The van der Waals surface area contributed by atoms with Crippen molar-refractivity contribution in [3.63, 3.8) is 0 Å². The lowest BCUT2D eigenvalue weighted by Gasteiger charge is -2.25. The summed E-state index contributed by atoms with van der Waals surface area (Å²) in [6.07, 6.45) is 4.03. The molecule has 5 heteroatoms. The molecule has 1 fully saturated rings. The average molecular weight is 378 g/mol. The number of rotatable bonds is 6. The zero-order chi connectivity index (χ0) is 19.5. The molecule has 0 radical (unpaired) electrons. The van der Waals surface area contributed by atoms with E-state index in [0.717, 1.165) is 48.7 Å². The minimum atomic E-state index is 0.306. The van der Waals surface area contributed by atoms with Crippen molar-refractivity contribution in [2.45, 2.75) is 32.4 Å². The van der Waals surface area contributed by atoms with Crippen LogP contribution in [0.5, 0.6) is 11.5 Å². The summed E-state index contributed by atoms with van der Waals surface area (Å²) in [5.74, 6) is 2.36. The average Bonchev–Trinajstić information content (AvgIpc) is 3.38. The van der Waals surface area contributed by atoms with Gasteiger partial charge in [0.1, 0.15) is 17.8 Å². The van der Waals surface area contributed by atoms with E-state index in [-0.39, 0.29) is 0 Å². The van der Waals surface area contributed by atoms with Crippen molar-refractivity contribution < 1.29 is 13.9 Å². The van der Waals surface area contributed by atoms with Crippen molar-refractivity contribution in [2.75, 3.05) is 20.8 Å². The Kier molecular flexibility index (Phi) is 5.35. The second-order valence-corrected chi connectivity index (χ2v) is 7.25. The molecule has 0 amide bonds. The number of aromatic nitrogens is 1. The van der Waals surface area contributed by atoms with E-state index >= 15 is 0 Å². The number of nitrogens with zero attached hydrogens (tertiary/aromatic N) is 2. The van der Waals surface area contributed by atoms with Gasteiger partial charge in [-0.15, -0.1) is 0 Å². The van der Waals surface area contributed by atoms with Crippen molar-refractivity contribution in [3.05, 3.63) is 65.5 Å². The zero-order valence-corrected chi connectivity index (χ0v) is 16.6. The summed E-state index contributed by atoms with van der Waals surface area (Å²) >= 11 is 0. The second-order valence-electron chi connectivity index (χ2n) is 7.25. The molecule has 0 spiro atoms. The number of hydrogen-bond donors (Lipinski definition) is 0. The summed E-state index contributed by atoms with van der Waals surface area (Å²) in [5.41, 5.74) is 4.38. The van der Waals surface area contributed by atoms with Gasteiger partial charge in [-0.1, -0.05) is 23.8 Å². The molecule has 5 nitrogen and oxygen atoms in total. The predicted octanol–water partition coefficient (Wildman–Crippen LogP) is 5.00. The van der Waals surface area contributed by atoms with E-state index in [0.29, 0.717) is 11.9 Å². The number of methoxy groups -OCH3 is 2. The van der Waals surface area contributed by atoms with Crippen LogP contribution in [0.2, 0.25) is 0 Å². The molecule has 0 unspecified atom stereocenters. The molecule has 3 aromatic rings. The van der Waals surface area contributed by atoms with Crippen molar-refractivity contribution in [1.29, 1.82) is 0 Å². The third-order valence-electron chi connectivity index (χ3n) is 5.38. The van der Waals surface area contributed by atoms with Crippen LogP contribution in [0.4, 0.5) is 0 Å². The molecule has 1 aromatic heterocycles. The fourth-order valence-corrected chi connectivity index (χ4v) is 3.88. The highest BCUT2D eigenvalue weighted by atomic mass is 16.5. The van der Waals surface area contributed by atoms with E-state index in [1.54, 1.807) is 20.5 Å². The van der Waals surface area contributed by atoms with Gasteiger partial charge in [0, 0.05) is 29.8 Å². The van der Waals surface area contributed by atoms with E-state index in [4.69, 9.17) is 18.9 Å². The first-order chi connectivity index (χ1) is 13.7. The number of hydrogen-bond acceptors (Lipinski definition) is 5. The topological polar surface area (TPSA) is 47.7 Å². The molecule has 1 atom stereocenters. The van der Waals surface area contributed by atoms with E-state index in [2.05, 4.69) is 30.0 Å². The fraction of sp³-hybridized carbons (Fsp3) is 0.348. The fourth-order valence-electron chi connectivity index (χ4n) is 3.88. The van der Waals surface area contributed by atoms with Crippen LogP contribution in [-0.2, 0) is 6.54 Å². The molecular weight excluding hydrogens is 352 g/mol. The smallest absolute Gasteiger partial charge is 0.226 e. The van der Waals surface area contributed by atoms with Gasteiger partial charge >= 0.3 is 0 Å². The highest BCUT2D eigenvalue weighted by molar-refractivity contribution is 5.53. The van der Waals surface area contributed by atoms with Crippen molar-refractivity contribution in [3.8, 4) is 23.0 Å². The van der Waals surface area contributed by atoms with E-state index in [1.807, 2.05) is 24.3 Å². The third-order valence-corrected chi connectivity index (χ3v) is 5.38. The SMILES string of the molecule is COc1ccc([C@@H]2CCCN2Cc2coc(-c3ccc(C)cc3)n2)c(OC)c1. The first-order valence-corrected chi connectivity index (χ1v) is 9.65. The molecule has 2 aromatic carbocycles. The van der Waals surface area contributed by atoms with Crippen LogP contribution in [0.15, 0.2) is 53.1 Å². The van der Waals surface area contributed by atoms with Crippen LogP contribution < -0.4 is 9.47 Å². The van der Waals surface area contributed by atoms with Crippen LogP contribution in [0.3, 0.4) is 0 Å². The third kappa shape index (κ3) is 3.76. The molecule has 146 valence electrons. The molecule has 4 rings (SSSR count). The molecule has 28 heavy (non-hydrogen) atoms. The Morgan fingerprint density at radius 2 is 1.93 bits per heavy atom. The lowest BCUT2D eigenvalue weighted by Crippen LogP contribution is -2.23. The van der Waals surface area contributed by atoms with Gasteiger partial charge in [-0.3, -0.25) is 4.90 Å². The Bertz CT molecular complexity index is 933. The number of benzene rings is 2. The molecule has 0 bridgehead atoms. The van der Waals surface area contributed by atoms with Gasteiger partial charge in [-0.25, -0.2) is 4.98 Å². The minimum Gasteiger partial charge on any atom is -0.497 e. The molecular formula is C23H26N2O3. The highest BCUT2D eigenvalue weighted by Crippen LogP contribution is 2.39. The van der Waals surface area contributed by atoms with Gasteiger partial charge in [-0.2, -0.15) is 0 Å². The van der Waals surface area contributed by atoms with Gasteiger partial charge in [0.05, 0.1) is 19.9 Å². The molecule has 1 aliphatic rings. The summed E-state index contributed by atoms with van der Waals surface area (Å²) in [5, 5.41) is 0. The Balaban J connectivity index is 1.53. The Labute approximate surface area is 165 Å². The summed E-state index contributed by atoms with van der Waals surface area (Å²) in [6, 6.07) is 14.6. The van der Waals surface area contributed by atoms with Gasteiger partial charge in [0.15, 0.2) is 0 Å². The predicted molar refractivity (Wildman–Crippen MR) is 109 cm³/mol. The van der Waals surface area contributed by atoms with Crippen molar-refractivity contribution in [2.24, 2.45) is 0 Å². The zero-order valence-electron chi connectivity index (χ0n) is 16.6. The Morgan fingerprint density at radius 1 is 1.11 bits per heavy atom. The standard InChI is InChI=1S/C23H26N2O3/c1-16-6-8-17(9-7-16)23-24-18(15-28-23)14-25-12-4-5-21(25)20-11-10-19(26-2)13-22(20)27-3/h6-11,13,15,21H,4-5,12,14H2,1-3H3/t21-/m0/s1. The van der Waals surface area contributed by atoms with E-state index in [1.165, 1.54) is 11.1 Å². The first kappa shape index (κ1) is 18.6. The molecule has 1 aliphatic heterocycles.